The monoisotopic (exact) mass is 231 g/mol. The fraction of sp³-hybridized carbons (Fsp3) is 0.385. The minimum atomic E-state index is -0.286. The van der Waals surface area contributed by atoms with Crippen LogP contribution in [0.15, 0.2) is 24.3 Å². The molecule has 90 valence electrons. The average molecular weight is 231 g/mol. The second-order valence-electron chi connectivity index (χ2n) is 4.20. The minimum absolute atomic E-state index is 0.126. The molecule has 0 aliphatic heterocycles. The highest BCUT2D eigenvalue weighted by atomic mass is 16.1. The normalized spacial score (nSPS) is 9.76. The van der Waals surface area contributed by atoms with Crippen molar-refractivity contribution in [1.29, 1.82) is 5.26 Å². The number of benzene rings is 1. The third-order valence-electron chi connectivity index (χ3n) is 2.14. The van der Waals surface area contributed by atoms with Crippen LogP contribution in [-0.4, -0.2) is 12.5 Å². The lowest BCUT2D eigenvalue weighted by Gasteiger charge is -2.13. The number of hydrogen-bond donors (Lipinski definition) is 2. The third-order valence-corrected chi connectivity index (χ3v) is 2.14. The van der Waals surface area contributed by atoms with E-state index in [1.165, 1.54) is 0 Å². The van der Waals surface area contributed by atoms with Crippen molar-refractivity contribution < 1.29 is 4.79 Å². The Bertz CT molecular complexity index is 421. The summed E-state index contributed by atoms with van der Waals surface area (Å²) in [6, 6.07) is 9.30. The molecule has 0 bridgehead atoms. The van der Waals surface area contributed by atoms with Gasteiger partial charge in [-0.3, -0.25) is 4.79 Å². The molecule has 1 rings (SSSR count). The first-order valence-electron chi connectivity index (χ1n) is 5.63. The maximum absolute atomic E-state index is 11.3. The fourth-order valence-corrected chi connectivity index (χ4v) is 1.33. The van der Waals surface area contributed by atoms with Crippen LogP contribution in [0.5, 0.6) is 0 Å². The topological polar surface area (TPSA) is 64.9 Å². The van der Waals surface area contributed by atoms with Gasteiger partial charge in [0.1, 0.15) is 6.42 Å². The van der Waals surface area contributed by atoms with Gasteiger partial charge in [-0.2, -0.15) is 5.26 Å². The van der Waals surface area contributed by atoms with Crippen molar-refractivity contribution in [2.45, 2.75) is 20.3 Å². The van der Waals surface area contributed by atoms with E-state index in [-0.39, 0.29) is 12.3 Å². The maximum Gasteiger partial charge on any atom is 0.238 e. The fourth-order valence-electron chi connectivity index (χ4n) is 1.33. The number of nitriles is 1. The van der Waals surface area contributed by atoms with Gasteiger partial charge in [0.15, 0.2) is 0 Å². The van der Waals surface area contributed by atoms with Gasteiger partial charge in [0, 0.05) is 6.54 Å². The van der Waals surface area contributed by atoms with E-state index >= 15 is 0 Å². The number of carbonyl (C=O) groups excluding carboxylic acids is 1. The predicted octanol–water partition coefficient (Wildman–Crippen LogP) is 2.61. The van der Waals surface area contributed by atoms with Crippen molar-refractivity contribution in [2.75, 3.05) is 17.2 Å². The first kappa shape index (κ1) is 13.0. The third kappa shape index (κ3) is 4.56. The van der Waals surface area contributed by atoms with Crippen LogP contribution in [0.3, 0.4) is 0 Å². The second kappa shape index (κ2) is 6.54. The molecule has 0 saturated carbocycles. The Morgan fingerprint density at radius 3 is 2.59 bits per heavy atom. The lowest BCUT2D eigenvalue weighted by atomic mass is 10.2. The molecule has 1 aromatic carbocycles. The van der Waals surface area contributed by atoms with Crippen LogP contribution in [0.25, 0.3) is 0 Å². The highest BCUT2D eigenvalue weighted by Gasteiger charge is 2.05. The van der Waals surface area contributed by atoms with Crippen LogP contribution >= 0.6 is 0 Å². The van der Waals surface area contributed by atoms with Gasteiger partial charge >= 0.3 is 0 Å². The Balaban J connectivity index is 2.71. The first-order chi connectivity index (χ1) is 8.13. The SMILES string of the molecule is CC(C)CNc1ccccc1NC(=O)CC#N. The molecule has 17 heavy (non-hydrogen) atoms. The van der Waals surface area contributed by atoms with E-state index in [1.807, 2.05) is 30.3 Å². The molecule has 0 saturated heterocycles. The number of carbonyl (C=O) groups is 1. The highest BCUT2D eigenvalue weighted by Crippen LogP contribution is 2.21. The van der Waals surface area contributed by atoms with Gasteiger partial charge in [0.05, 0.1) is 17.4 Å². The summed E-state index contributed by atoms with van der Waals surface area (Å²) in [7, 11) is 0. The number of nitrogens with zero attached hydrogens (tertiary/aromatic N) is 1. The Morgan fingerprint density at radius 1 is 1.35 bits per heavy atom. The number of nitrogens with one attached hydrogen (secondary N) is 2. The van der Waals surface area contributed by atoms with Crippen molar-refractivity contribution in [1.82, 2.24) is 0 Å². The molecule has 0 unspecified atom stereocenters. The van der Waals surface area contributed by atoms with Crippen LogP contribution in [-0.2, 0) is 4.79 Å². The van der Waals surface area contributed by atoms with Crippen molar-refractivity contribution >= 4 is 17.3 Å². The number of rotatable bonds is 5. The Kier molecular flexibility index (Phi) is 5.02. The van der Waals surface area contributed by atoms with Crippen LogP contribution in [0.4, 0.5) is 11.4 Å². The van der Waals surface area contributed by atoms with Crippen molar-refractivity contribution in [3.8, 4) is 6.07 Å². The first-order valence-corrected chi connectivity index (χ1v) is 5.63. The predicted molar refractivity (Wildman–Crippen MR) is 68.6 cm³/mol. The zero-order valence-corrected chi connectivity index (χ0v) is 10.2. The summed E-state index contributed by atoms with van der Waals surface area (Å²) < 4.78 is 0. The summed E-state index contributed by atoms with van der Waals surface area (Å²) in [4.78, 5) is 11.3. The van der Waals surface area contributed by atoms with Gasteiger partial charge in [-0.15, -0.1) is 0 Å². The summed E-state index contributed by atoms with van der Waals surface area (Å²) in [6.45, 7) is 5.07. The van der Waals surface area contributed by atoms with E-state index in [1.54, 1.807) is 0 Å². The van der Waals surface area contributed by atoms with Gasteiger partial charge < -0.3 is 10.6 Å². The summed E-state index contributed by atoms with van der Waals surface area (Å²) in [5, 5.41) is 14.4. The van der Waals surface area contributed by atoms with E-state index in [9.17, 15) is 4.79 Å². The quantitative estimate of drug-likeness (QED) is 0.818. The Labute approximate surface area is 102 Å². The zero-order chi connectivity index (χ0) is 12.7. The van der Waals surface area contributed by atoms with E-state index < -0.39 is 0 Å². The molecule has 0 spiro atoms. The Morgan fingerprint density at radius 2 is 2.00 bits per heavy atom. The summed E-state index contributed by atoms with van der Waals surface area (Å²) in [6.07, 6.45) is -0.126. The smallest absolute Gasteiger partial charge is 0.238 e. The van der Waals surface area contributed by atoms with E-state index in [0.29, 0.717) is 11.6 Å². The van der Waals surface area contributed by atoms with Gasteiger partial charge in [-0.25, -0.2) is 0 Å². The average Bonchev–Trinajstić information content (AvgIpc) is 2.28. The van der Waals surface area contributed by atoms with E-state index in [0.717, 1.165) is 12.2 Å². The van der Waals surface area contributed by atoms with Gasteiger partial charge in [0.2, 0.25) is 5.91 Å². The van der Waals surface area contributed by atoms with E-state index in [2.05, 4.69) is 24.5 Å². The minimum Gasteiger partial charge on any atom is -0.383 e. The number of para-hydroxylation sites is 2. The molecule has 0 aliphatic rings. The number of hydrogen-bond acceptors (Lipinski definition) is 3. The molecule has 0 atom stereocenters. The standard InChI is InChI=1S/C13H17N3O/c1-10(2)9-15-11-5-3-4-6-12(11)16-13(17)7-8-14/h3-6,10,15H,7,9H2,1-2H3,(H,16,17). The lowest BCUT2D eigenvalue weighted by molar-refractivity contribution is -0.115. The summed E-state index contributed by atoms with van der Waals surface area (Å²) >= 11 is 0. The van der Waals surface area contributed by atoms with Crippen molar-refractivity contribution in [3.63, 3.8) is 0 Å². The summed E-state index contributed by atoms with van der Waals surface area (Å²) in [5.74, 6) is 0.240. The molecule has 0 fully saturated rings. The zero-order valence-electron chi connectivity index (χ0n) is 10.2. The number of amides is 1. The molecule has 4 heteroatoms. The van der Waals surface area contributed by atoms with Crippen molar-refractivity contribution in [3.05, 3.63) is 24.3 Å². The van der Waals surface area contributed by atoms with Crippen LogP contribution in [0.1, 0.15) is 20.3 Å². The van der Waals surface area contributed by atoms with Crippen LogP contribution in [0, 0.1) is 17.2 Å². The van der Waals surface area contributed by atoms with Crippen LogP contribution in [0.2, 0.25) is 0 Å². The molecule has 1 aromatic rings. The Hall–Kier alpha value is -2.02. The molecule has 1 amide bonds. The molecule has 0 aliphatic carbocycles. The van der Waals surface area contributed by atoms with Gasteiger partial charge in [-0.05, 0) is 18.1 Å². The van der Waals surface area contributed by atoms with Crippen LogP contribution < -0.4 is 10.6 Å². The van der Waals surface area contributed by atoms with Gasteiger partial charge in [-0.1, -0.05) is 26.0 Å². The summed E-state index contributed by atoms with van der Waals surface area (Å²) in [5.41, 5.74) is 1.60. The van der Waals surface area contributed by atoms with Crippen molar-refractivity contribution in [2.24, 2.45) is 5.92 Å². The largest absolute Gasteiger partial charge is 0.383 e. The maximum atomic E-state index is 11.3. The molecule has 2 N–H and O–H groups in total. The highest BCUT2D eigenvalue weighted by molar-refractivity contribution is 5.95. The molecule has 0 aromatic heterocycles. The lowest BCUT2D eigenvalue weighted by Crippen LogP contribution is -2.14. The number of anilines is 2. The molecule has 4 nitrogen and oxygen atoms in total. The molecule has 0 heterocycles. The second-order valence-corrected chi connectivity index (χ2v) is 4.20. The molecular formula is C13H17N3O. The molecule has 0 radical (unpaired) electrons. The van der Waals surface area contributed by atoms with E-state index in [4.69, 9.17) is 5.26 Å². The molecular weight excluding hydrogens is 214 g/mol. The van der Waals surface area contributed by atoms with Gasteiger partial charge in [0.25, 0.3) is 0 Å².